The van der Waals surface area contributed by atoms with Gasteiger partial charge >= 0.3 is 0 Å². The Balaban J connectivity index is 1.17. The van der Waals surface area contributed by atoms with Gasteiger partial charge in [-0.2, -0.15) is 4.98 Å². The van der Waals surface area contributed by atoms with E-state index in [0.717, 1.165) is 42.3 Å². The van der Waals surface area contributed by atoms with E-state index in [1.54, 1.807) is 17.1 Å². The van der Waals surface area contributed by atoms with Crippen molar-refractivity contribution >= 4 is 11.7 Å². The lowest BCUT2D eigenvalue weighted by Crippen LogP contribution is -2.54. The normalized spacial score (nSPS) is 16.8. The summed E-state index contributed by atoms with van der Waals surface area (Å²) in [5, 5.41) is 3.10. The first-order chi connectivity index (χ1) is 19.1. The van der Waals surface area contributed by atoms with E-state index in [1.807, 2.05) is 43.6 Å². The molecule has 200 valence electrons. The molecule has 1 amide bonds. The molecular weight excluding hydrogens is 494 g/mol. The van der Waals surface area contributed by atoms with Crippen molar-refractivity contribution in [1.82, 2.24) is 29.7 Å². The van der Waals surface area contributed by atoms with Crippen LogP contribution in [0, 0.1) is 6.92 Å². The monoisotopic (exact) mass is 525 g/mol. The van der Waals surface area contributed by atoms with Crippen LogP contribution in [0.25, 0.3) is 5.95 Å². The predicted octanol–water partition coefficient (Wildman–Crippen LogP) is 3.10. The Morgan fingerprint density at radius 2 is 1.95 bits per heavy atom. The highest BCUT2D eigenvalue weighted by atomic mass is 16.7. The first-order valence-electron chi connectivity index (χ1n) is 13.1. The van der Waals surface area contributed by atoms with Crippen LogP contribution in [0.2, 0.25) is 0 Å². The molecule has 1 fully saturated rings. The van der Waals surface area contributed by atoms with Gasteiger partial charge in [0.1, 0.15) is 12.1 Å². The van der Waals surface area contributed by atoms with Crippen molar-refractivity contribution in [3.63, 3.8) is 0 Å². The number of fused-ring (bicyclic) bond motifs is 1. The summed E-state index contributed by atoms with van der Waals surface area (Å²) in [4.78, 5) is 31.3. The van der Waals surface area contributed by atoms with Gasteiger partial charge in [0.2, 0.25) is 18.6 Å². The SMILES string of the molecule is Cc1cnc(-n2ccnc2)nc1N1CCN(Cc2ccccc2)C(CC(=O)NCc2ccc3c(c2)OCO3)C1. The first kappa shape index (κ1) is 24.9. The number of benzene rings is 2. The number of rotatable bonds is 8. The molecule has 2 aliphatic heterocycles. The Morgan fingerprint density at radius 3 is 2.79 bits per heavy atom. The molecule has 2 aromatic carbocycles. The van der Waals surface area contributed by atoms with Gasteiger partial charge in [-0.05, 0) is 30.2 Å². The molecule has 1 N–H and O–H groups in total. The summed E-state index contributed by atoms with van der Waals surface area (Å²) in [5.41, 5.74) is 3.21. The van der Waals surface area contributed by atoms with Crippen LogP contribution in [0.1, 0.15) is 23.1 Å². The summed E-state index contributed by atoms with van der Waals surface area (Å²) >= 11 is 0. The van der Waals surface area contributed by atoms with Crippen molar-refractivity contribution in [2.45, 2.75) is 32.5 Å². The van der Waals surface area contributed by atoms with E-state index >= 15 is 0 Å². The van der Waals surface area contributed by atoms with Gasteiger partial charge in [0, 0.05) is 69.3 Å². The van der Waals surface area contributed by atoms with Gasteiger partial charge in [0.15, 0.2) is 11.5 Å². The predicted molar refractivity (Wildman–Crippen MR) is 146 cm³/mol. The van der Waals surface area contributed by atoms with E-state index in [9.17, 15) is 4.79 Å². The smallest absolute Gasteiger partial charge is 0.236 e. The van der Waals surface area contributed by atoms with Crippen LogP contribution in [0.15, 0.2) is 73.4 Å². The molecule has 0 saturated carbocycles. The minimum absolute atomic E-state index is 0.0103. The molecule has 39 heavy (non-hydrogen) atoms. The Bertz CT molecular complexity index is 1430. The van der Waals surface area contributed by atoms with Gasteiger partial charge in [-0.15, -0.1) is 0 Å². The Hall–Kier alpha value is -4.44. The summed E-state index contributed by atoms with van der Waals surface area (Å²) in [5.74, 6) is 2.93. The maximum Gasteiger partial charge on any atom is 0.236 e. The van der Waals surface area contributed by atoms with Crippen molar-refractivity contribution in [2.24, 2.45) is 0 Å². The number of nitrogens with zero attached hydrogens (tertiary/aromatic N) is 6. The van der Waals surface area contributed by atoms with Gasteiger partial charge in [0.05, 0.1) is 0 Å². The summed E-state index contributed by atoms with van der Waals surface area (Å²) in [6, 6.07) is 16.2. The number of amides is 1. The number of piperazine rings is 1. The average Bonchev–Trinajstić information content (AvgIpc) is 3.66. The van der Waals surface area contributed by atoms with Gasteiger partial charge in [-0.1, -0.05) is 36.4 Å². The Labute approximate surface area is 227 Å². The number of ether oxygens (including phenoxy) is 2. The van der Waals surface area contributed by atoms with Crippen molar-refractivity contribution in [1.29, 1.82) is 0 Å². The zero-order valence-corrected chi connectivity index (χ0v) is 21.9. The molecule has 0 aliphatic carbocycles. The van der Waals surface area contributed by atoms with Crippen molar-refractivity contribution in [3.05, 3.63) is 90.1 Å². The molecule has 1 atom stereocenters. The summed E-state index contributed by atoms with van der Waals surface area (Å²) in [6.07, 6.45) is 7.47. The molecule has 0 radical (unpaired) electrons. The molecule has 4 aromatic rings. The maximum absolute atomic E-state index is 13.2. The third kappa shape index (κ3) is 5.70. The highest BCUT2D eigenvalue weighted by Gasteiger charge is 2.30. The minimum Gasteiger partial charge on any atom is -0.454 e. The highest BCUT2D eigenvalue weighted by Crippen LogP contribution is 2.32. The molecule has 1 saturated heterocycles. The quantitative estimate of drug-likeness (QED) is 0.375. The lowest BCUT2D eigenvalue weighted by molar-refractivity contribution is -0.122. The van der Waals surface area contributed by atoms with Gasteiger partial charge in [-0.3, -0.25) is 14.3 Å². The lowest BCUT2D eigenvalue weighted by Gasteiger charge is -2.42. The van der Waals surface area contributed by atoms with Crippen LogP contribution in [0.3, 0.4) is 0 Å². The number of carbonyl (C=O) groups excluding carboxylic acids is 1. The van der Waals surface area contributed by atoms with Crippen LogP contribution in [-0.4, -0.2) is 62.8 Å². The van der Waals surface area contributed by atoms with Gasteiger partial charge in [-0.25, -0.2) is 9.97 Å². The number of aryl methyl sites for hydroxylation is 1. The second-order valence-corrected chi connectivity index (χ2v) is 9.87. The molecule has 10 heteroatoms. The van der Waals surface area contributed by atoms with E-state index in [2.05, 4.69) is 49.4 Å². The number of carbonyl (C=O) groups is 1. The van der Waals surface area contributed by atoms with E-state index in [1.165, 1.54) is 5.56 Å². The van der Waals surface area contributed by atoms with Crippen molar-refractivity contribution in [2.75, 3.05) is 31.3 Å². The number of hydrogen-bond acceptors (Lipinski definition) is 8. The second kappa shape index (κ2) is 11.1. The van der Waals surface area contributed by atoms with Crippen LogP contribution in [0.4, 0.5) is 5.82 Å². The highest BCUT2D eigenvalue weighted by molar-refractivity contribution is 5.76. The number of hydrogen-bond donors (Lipinski definition) is 1. The average molecular weight is 526 g/mol. The molecule has 4 heterocycles. The summed E-state index contributed by atoms with van der Waals surface area (Å²) in [6.45, 7) is 5.79. The fraction of sp³-hybridized carbons (Fsp3) is 0.310. The molecular formula is C29H31N7O3. The standard InChI is InChI=1S/C29H31N7O3/c1-21-15-32-29(36-10-9-30-19-36)33-28(21)35-12-11-34(17-22-5-3-2-4-6-22)24(18-35)14-27(37)31-16-23-7-8-25-26(13-23)39-20-38-25/h2-10,13,15,19,24H,11-12,14,16-18,20H2,1H3,(H,31,37). The number of imidazole rings is 1. The Morgan fingerprint density at radius 1 is 1.08 bits per heavy atom. The van der Waals surface area contributed by atoms with Crippen LogP contribution >= 0.6 is 0 Å². The fourth-order valence-corrected chi connectivity index (χ4v) is 5.09. The fourth-order valence-electron chi connectivity index (χ4n) is 5.09. The van der Waals surface area contributed by atoms with Gasteiger partial charge in [0.25, 0.3) is 0 Å². The van der Waals surface area contributed by atoms with E-state index in [0.29, 0.717) is 31.2 Å². The topological polar surface area (TPSA) is 97.6 Å². The zero-order chi connectivity index (χ0) is 26.6. The van der Waals surface area contributed by atoms with Crippen molar-refractivity contribution in [3.8, 4) is 17.4 Å². The number of aromatic nitrogens is 4. The van der Waals surface area contributed by atoms with Crippen LogP contribution in [-0.2, 0) is 17.9 Å². The largest absolute Gasteiger partial charge is 0.454 e. The Kier molecular flexibility index (Phi) is 7.09. The summed E-state index contributed by atoms with van der Waals surface area (Å²) in [7, 11) is 0. The molecule has 10 nitrogen and oxygen atoms in total. The molecule has 6 rings (SSSR count). The molecule has 0 spiro atoms. The van der Waals surface area contributed by atoms with E-state index < -0.39 is 0 Å². The second-order valence-electron chi connectivity index (χ2n) is 9.87. The summed E-state index contributed by atoms with van der Waals surface area (Å²) < 4.78 is 12.7. The van der Waals surface area contributed by atoms with E-state index in [4.69, 9.17) is 14.5 Å². The first-order valence-corrected chi connectivity index (χ1v) is 13.1. The maximum atomic E-state index is 13.2. The molecule has 0 bridgehead atoms. The molecule has 2 aromatic heterocycles. The number of anilines is 1. The zero-order valence-electron chi connectivity index (χ0n) is 21.9. The van der Waals surface area contributed by atoms with E-state index in [-0.39, 0.29) is 18.7 Å². The molecule has 2 aliphatic rings. The molecule has 1 unspecified atom stereocenters. The third-order valence-electron chi connectivity index (χ3n) is 7.15. The lowest BCUT2D eigenvalue weighted by atomic mass is 10.1. The number of nitrogens with one attached hydrogen (secondary N) is 1. The minimum atomic E-state index is 0.0103. The van der Waals surface area contributed by atoms with Crippen LogP contribution in [0.5, 0.6) is 11.5 Å². The van der Waals surface area contributed by atoms with Crippen LogP contribution < -0.4 is 19.7 Å². The van der Waals surface area contributed by atoms with Gasteiger partial charge < -0.3 is 19.7 Å². The van der Waals surface area contributed by atoms with Crippen molar-refractivity contribution < 1.29 is 14.3 Å². The third-order valence-corrected chi connectivity index (χ3v) is 7.15.